The standard InChI is InChI=1S/C18H24N2O4/c1-2-13-3-4-17-15(9-13)16(12-24-17)18(22)19-14(11-21)10-20-5-7-23-8-6-20/h3-4,9,12,14,21H,2,5-8,10-11H2,1H3,(H,19,22). The highest BCUT2D eigenvalue weighted by Gasteiger charge is 2.21. The van der Waals surface area contributed by atoms with Crippen LogP contribution in [0.4, 0.5) is 0 Å². The Labute approximate surface area is 141 Å². The summed E-state index contributed by atoms with van der Waals surface area (Å²) < 4.78 is 10.8. The third kappa shape index (κ3) is 3.77. The molecule has 0 aliphatic carbocycles. The fourth-order valence-corrected chi connectivity index (χ4v) is 2.98. The molecule has 6 heteroatoms. The van der Waals surface area contributed by atoms with E-state index in [-0.39, 0.29) is 18.6 Å². The molecular weight excluding hydrogens is 308 g/mol. The second kappa shape index (κ2) is 7.79. The van der Waals surface area contributed by atoms with Crippen molar-refractivity contribution in [2.45, 2.75) is 19.4 Å². The number of fused-ring (bicyclic) bond motifs is 1. The maximum absolute atomic E-state index is 12.6. The van der Waals surface area contributed by atoms with Gasteiger partial charge in [-0.3, -0.25) is 9.69 Å². The number of furan rings is 1. The van der Waals surface area contributed by atoms with Crippen molar-refractivity contribution in [3.05, 3.63) is 35.6 Å². The molecule has 1 aromatic carbocycles. The van der Waals surface area contributed by atoms with Gasteiger partial charge in [0.25, 0.3) is 5.91 Å². The molecule has 1 saturated heterocycles. The van der Waals surface area contributed by atoms with Crippen LogP contribution in [0.5, 0.6) is 0 Å². The van der Waals surface area contributed by atoms with E-state index in [2.05, 4.69) is 17.1 Å². The zero-order chi connectivity index (χ0) is 16.9. The highest BCUT2D eigenvalue weighted by Crippen LogP contribution is 2.23. The predicted molar refractivity (Wildman–Crippen MR) is 91.2 cm³/mol. The first kappa shape index (κ1) is 17.0. The highest BCUT2D eigenvalue weighted by atomic mass is 16.5. The number of morpholine rings is 1. The summed E-state index contributed by atoms with van der Waals surface area (Å²) in [6, 6.07) is 5.57. The molecule has 6 nitrogen and oxygen atoms in total. The van der Waals surface area contributed by atoms with Crippen molar-refractivity contribution < 1.29 is 19.1 Å². The van der Waals surface area contributed by atoms with Gasteiger partial charge in [-0.05, 0) is 24.1 Å². The Balaban J connectivity index is 1.70. The number of aliphatic hydroxyl groups is 1. The zero-order valence-corrected chi connectivity index (χ0v) is 14.0. The number of amides is 1. The highest BCUT2D eigenvalue weighted by molar-refractivity contribution is 6.06. The van der Waals surface area contributed by atoms with E-state index < -0.39 is 0 Å². The van der Waals surface area contributed by atoms with E-state index in [0.717, 1.165) is 30.5 Å². The normalized spacial score (nSPS) is 17.1. The minimum Gasteiger partial charge on any atom is -0.463 e. The lowest BCUT2D eigenvalue weighted by Gasteiger charge is -2.30. The van der Waals surface area contributed by atoms with Crippen molar-refractivity contribution in [1.82, 2.24) is 10.2 Å². The summed E-state index contributed by atoms with van der Waals surface area (Å²) in [6.07, 6.45) is 2.39. The van der Waals surface area contributed by atoms with E-state index in [1.54, 1.807) is 0 Å². The van der Waals surface area contributed by atoms with Gasteiger partial charge in [-0.15, -0.1) is 0 Å². The molecule has 1 aliphatic rings. The summed E-state index contributed by atoms with van der Waals surface area (Å²) in [5, 5.41) is 13.3. The lowest BCUT2D eigenvalue weighted by Crippen LogP contribution is -2.48. The second-order valence-corrected chi connectivity index (χ2v) is 6.10. The van der Waals surface area contributed by atoms with Gasteiger partial charge in [0.2, 0.25) is 0 Å². The third-order valence-corrected chi connectivity index (χ3v) is 4.43. The SMILES string of the molecule is CCc1ccc2occ(C(=O)NC(CO)CN3CCOCC3)c2c1. The molecule has 2 heterocycles. The van der Waals surface area contributed by atoms with Crippen LogP contribution in [0.25, 0.3) is 11.0 Å². The fourth-order valence-electron chi connectivity index (χ4n) is 2.98. The molecule has 0 radical (unpaired) electrons. The number of aliphatic hydroxyl groups excluding tert-OH is 1. The first-order valence-electron chi connectivity index (χ1n) is 8.43. The molecule has 0 bridgehead atoms. The van der Waals surface area contributed by atoms with Gasteiger partial charge in [-0.25, -0.2) is 0 Å². The van der Waals surface area contributed by atoms with E-state index in [9.17, 15) is 9.90 Å². The molecule has 3 rings (SSSR count). The summed E-state index contributed by atoms with van der Waals surface area (Å²) in [6.45, 7) is 5.62. The molecule has 0 spiro atoms. The second-order valence-electron chi connectivity index (χ2n) is 6.10. The van der Waals surface area contributed by atoms with Gasteiger partial charge in [0.1, 0.15) is 11.8 Å². The van der Waals surface area contributed by atoms with Crippen LogP contribution in [0.2, 0.25) is 0 Å². The number of carbonyl (C=O) groups excluding carboxylic acids is 1. The molecule has 130 valence electrons. The van der Waals surface area contributed by atoms with Crippen LogP contribution in [-0.4, -0.2) is 61.4 Å². The Morgan fingerprint density at radius 1 is 1.38 bits per heavy atom. The average Bonchev–Trinajstić information content (AvgIpc) is 3.05. The maximum atomic E-state index is 12.6. The van der Waals surface area contributed by atoms with Gasteiger partial charge in [0.15, 0.2) is 0 Å². The van der Waals surface area contributed by atoms with E-state index in [1.165, 1.54) is 6.26 Å². The van der Waals surface area contributed by atoms with Crippen LogP contribution in [0.15, 0.2) is 28.9 Å². The molecule has 0 saturated carbocycles. The number of benzene rings is 1. The molecule has 24 heavy (non-hydrogen) atoms. The van der Waals surface area contributed by atoms with E-state index in [4.69, 9.17) is 9.15 Å². The number of aryl methyl sites for hydroxylation is 1. The Bertz CT molecular complexity index is 691. The fraction of sp³-hybridized carbons (Fsp3) is 0.500. The van der Waals surface area contributed by atoms with Crippen molar-refractivity contribution in [2.24, 2.45) is 0 Å². The van der Waals surface area contributed by atoms with Crippen molar-refractivity contribution >= 4 is 16.9 Å². The number of rotatable bonds is 6. The third-order valence-electron chi connectivity index (χ3n) is 4.43. The number of hydrogen-bond donors (Lipinski definition) is 2. The maximum Gasteiger partial charge on any atom is 0.255 e. The molecular formula is C18H24N2O4. The molecule has 1 aliphatic heterocycles. The molecule has 1 amide bonds. The average molecular weight is 332 g/mol. The lowest BCUT2D eigenvalue weighted by molar-refractivity contribution is 0.0297. The summed E-state index contributed by atoms with van der Waals surface area (Å²) >= 11 is 0. The molecule has 1 atom stereocenters. The number of hydrogen-bond acceptors (Lipinski definition) is 5. The topological polar surface area (TPSA) is 74.9 Å². The number of carbonyl (C=O) groups is 1. The van der Waals surface area contributed by atoms with E-state index in [1.807, 2.05) is 18.2 Å². The van der Waals surface area contributed by atoms with E-state index in [0.29, 0.717) is 30.9 Å². The van der Waals surface area contributed by atoms with Gasteiger partial charge in [0.05, 0.1) is 31.4 Å². The zero-order valence-electron chi connectivity index (χ0n) is 14.0. The smallest absolute Gasteiger partial charge is 0.255 e. The number of nitrogens with zero attached hydrogens (tertiary/aromatic N) is 1. The minimum absolute atomic E-state index is 0.0981. The Hall–Kier alpha value is -1.89. The van der Waals surface area contributed by atoms with Crippen LogP contribution in [0.3, 0.4) is 0 Å². The minimum atomic E-state index is -0.310. The van der Waals surface area contributed by atoms with Gasteiger partial charge in [-0.2, -0.15) is 0 Å². The van der Waals surface area contributed by atoms with Gasteiger partial charge < -0.3 is 19.6 Å². The van der Waals surface area contributed by atoms with Crippen LogP contribution in [-0.2, 0) is 11.2 Å². The quantitative estimate of drug-likeness (QED) is 0.837. The lowest BCUT2D eigenvalue weighted by atomic mass is 10.1. The molecule has 2 N–H and O–H groups in total. The molecule has 1 unspecified atom stereocenters. The van der Waals surface area contributed by atoms with E-state index >= 15 is 0 Å². The van der Waals surface area contributed by atoms with Crippen molar-refractivity contribution in [1.29, 1.82) is 0 Å². The monoisotopic (exact) mass is 332 g/mol. The van der Waals surface area contributed by atoms with Crippen molar-refractivity contribution in [3.63, 3.8) is 0 Å². The largest absolute Gasteiger partial charge is 0.463 e. The van der Waals surface area contributed by atoms with Crippen LogP contribution in [0, 0.1) is 0 Å². The van der Waals surface area contributed by atoms with Crippen LogP contribution >= 0.6 is 0 Å². The van der Waals surface area contributed by atoms with Crippen LogP contribution in [0.1, 0.15) is 22.8 Å². The van der Waals surface area contributed by atoms with Gasteiger partial charge >= 0.3 is 0 Å². The first-order valence-corrected chi connectivity index (χ1v) is 8.43. The van der Waals surface area contributed by atoms with Gasteiger partial charge in [-0.1, -0.05) is 13.0 Å². The summed E-state index contributed by atoms with van der Waals surface area (Å²) in [7, 11) is 0. The number of ether oxygens (including phenoxy) is 1. The van der Waals surface area contributed by atoms with Crippen molar-refractivity contribution in [2.75, 3.05) is 39.5 Å². The molecule has 2 aromatic rings. The Morgan fingerprint density at radius 2 is 2.17 bits per heavy atom. The first-order chi connectivity index (χ1) is 11.7. The Kier molecular flexibility index (Phi) is 5.50. The number of nitrogens with one attached hydrogen (secondary N) is 1. The predicted octanol–water partition coefficient (Wildman–Crippen LogP) is 1.42. The van der Waals surface area contributed by atoms with Crippen LogP contribution < -0.4 is 5.32 Å². The van der Waals surface area contributed by atoms with Crippen molar-refractivity contribution in [3.8, 4) is 0 Å². The summed E-state index contributed by atoms with van der Waals surface area (Å²) in [5.74, 6) is -0.214. The molecule has 1 fully saturated rings. The Morgan fingerprint density at radius 3 is 2.88 bits per heavy atom. The summed E-state index contributed by atoms with van der Waals surface area (Å²) in [4.78, 5) is 14.8. The molecule has 1 aromatic heterocycles. The summed E-state index contributed by atoms with van der Waals surface area (Å²) in [5.41, 5.74) is 2.37. The van der Waals surface area contributed by atoms with Gasteiger partial charge in [0, 0.05) is 25.0 Å².